The van der Waals surface area contributed by atoms with E-state index in [2.05, 4.69) is 0 Å². The van der Waals surface area contributed by atoms with Gasteiger partial charge < -0.3 is 9.31 Å². The normalized spacial score (nSPS) is 30.9. The Morgan fingerprint density at radius 1 is 1.14 bits per heavy atom. The average molecular weight is 407 g/mol. The molecule has 1 saturated carbocycles. The van der Waals surface area contributed by atoms with Crippen LogP contribution in [0, 0.1) is 12.8 Å². The molecule has 152 valence electrons. The smallest absolute Gasteiger partial charge is 0.398 e. The van der Waals surface area contributed by atoms with Crippen LogP contribution >= 0.6 is 0 Å². The van der Waals surface area contributed by atoms with Crippen molar-refractivity contribution >= 4 is 17.1 Å². The lowest BCUT2D eigenvalue weighted by Gasteiger charge is -2.39. The summed E-state index contributed by atoms with van der Waals surface area (Å²) in [6, 6.07) is 6.35. The molecule has 0 amide bonds. The zero-order valence-electron chi connectivity index (χ0n) is 17.0. The molecule has 1 aromatic carbocycles. The van der Waals surface area contributed by atoms with Crippen LogP contribution in [0.15, 0.2) is 40.5 Å². The average Bonchev–Trinajstić information content (AvgIpc) is 3.02. The van der Waals surface area contributed by atoms with Crippen molar-refractivity contribution in [2.75, 3.05) is 6.54 Å². The van der Waals surface area contributed by atoms with E-state index in [9.17, 15) is 8.42 Å². The first-order valence-electron chi connectivity index (χ1n) is 9.77. The molecule has 3 fully saturated rings. The summed E-state index contributed by atoms with van der Waals surface area (Å²) in [5.41, 5.74) is -0.249. The molecule has 1 aromatic rings. The molecule has 2 heterocycles. The minimum atomic E-state index is -3.67. The Labute approximate surface area is 167 Å². The van der Waals surface area contributed by atoms with Gasteiger partial charge in [0.2, 0.25) is 10.0 Å². The van der Waals surface area contributed by atoms with Crippen molar-refractivity contribution in [2.24, 2.45) is 5.92 Å². The van der Waals surface area contributed by atoms with Gasteiger partial charge in [-0.1, -0.05) is 17.7 Å². The topological polar surface area (TPSA) is 55.8 Å². The first-order chi connectivity index (χ1) is 12.9. The fraction of sp³-hybridized carbons (Fsp3) is 0.600. The van der Waals surface area contributed by atoms with Crippen molar-refractivity contribution in [2.45, 2.75) is 69.6 Å². The summed E-state index contributed by atoms with van der Waals surface area (Å²) in [4.78, 5) is 0.251. The van der Waals surface area contributed by atoms with Crippen LogP contribution in [0.4, 0.5) is 4.39 Å². The predicted octanol–water partition coefficient (Wildman–Crippen LogP) is 3.63. The van der Waals surface area contributed by atoms with Crippen LogP contribution in [0.1, 0.15) is 46.1 Å². The fourth-order valence-electron chi connectivity index (χ4n) is 4.19. The Kier molecular flexibility index (Phi) is 4.58. The molecule has 2 atom stereocenters. The van der Waals surface area contributed by atoms with Gasteiger partial charge in [0.15, 0.2) is 0 Å². The van der Waals surface area contributed by atoms with Crippen LogP contribution < -0.4 is 0 Å². The Morgan fingerprint density at radius 3 is 2.29 bits per heavy atom. The molecule has 0 spiro atoms. The minimum Gasteiger partial charge on any atom is -0.398 e. The first-order valence-corrected chi connectivity index (χ1v) is 11.2. The second-order valence-electron chi connectivity index (χ2n) is 9.09. The van der Waals surface area contributed by atoms with E-state index in [1.165, 1.54) is 4.31 Å². The summed E-state index contributed by atoms with van der Waals surface area (Å²) in [6.45, 7) is 9.81. The molecule has 2 unspecified atom stereocenters. The van der Waals surface area contributed by atoms with E-state index in [4.69, 9.17) is 9.31 Å². The van der Waals surface area contributed by atoms with E-state index >= 15 is 4.39 Å². The number of halogens is 1. The van der Waals surface area contributed by atoms with Crippen molar-refractivity contribution in [1.82, 2.24) is 4.31 Å². The van der Waals surface area contributed by atoms with Gasteiger partial charge in [0.1, 0.15) is 5.73 Å². The van der Waals surface area contributed by atoms with Gasteiger partial charge in [0.25, 0.3) is 0 Å². The Bertz CT molecular complexity index is 910. The number of rotatable bonds is 3. The van der Waals surface area contributed by atoms with Gasteiger partial charge in [-0.2, -0.15) is 4.31 Å². The lowest BCUT2D eigenvalue weighted by molar-refractivity contribution is 0.00578. The maximum atomic E-state index is 15.3. The van der Waals surface area contributed by atoms with Gasteiger partial charge >= 0.3 is 7.12 Å². The maximum absolute atomic E-state index is 15.3. The number of hydrogen-bond donors (Lipinski definition) is 0. The third-order valence-corrected chi connectivity index (χ3v) is 8.61. The Morgan fingerprint density at radius 2 is 1.71 bits per heavy atom. The number of sulfonamides is 1. The Balaban J connectivity index is 1.63. The summed E-state index contributed by atoms with van der Waals surface area (Å²) < 4.78 is 54.7. The molecule has 0 aromatic heterocycles. The summed E-state index contributed by atoms with van der Waals surface area (Å²) in [7, 11) is -4.75. The highest BCUT2D eigenvalue weighted by Gasteiger charge is 2.57. The van der Waals surface area contributed by atoms with Gasteiger partial charge in [-0.05, 0) is 71.1 Å². The number of fused-ring (bicyclic) bond motifs is 1. The second-order valence-corrected chi connectivity index (χ2v) is 11.0. The molecular weight excluding hydrogens is 380 g/mol. The number of aryl methyl sites for hydroxylation is 1. The van der Waals surface area contributed by atoms with Crippen molar-refractivity contribution < 1.29 is 22.1 Å². The zero-order valence-corrected chi connectivity index (χ0v) is 17.8. The third kappa shape index (κ3) is 2.96. The van der Waals surface area contributed by atoms with Gasteiger partial charge in [0, 0.05) is 6.54 Å². The molecule has 5 nitrogen and oxygen atoms in total. The highest BCUT2D eigenvalue weighted by Crippen LogP contribution is 2.50. The van der Waals surface area contributed by atoms with Crippen LogP contribution in [0.25, 0.3) is 0 Å². The number of nitrogens with zero attached hydrogens (tertiary/aromatic N) is 1. The summed E-state index contributed by atoms with van der Waals surface area (Å²) in [6.07, 6.45) is 1.30. The summed E-state index contributed by atoms with van der Waals surface area (Å²) in [5.74, 6) is 0.156. The van der Waals surface area contributed by atoms with Crippen LogP contribution in [-0.2, 0) is 19.3 Å². The molecule has 0 bridgehead atoms. The quantitative estimate of drug-likeness (QED) is 0.719. The Hall–Kier alpha value is -1.22. The zero-order chi connectivity index (χ0) is 20.5. The molecule has 8 heteroatoms. The van der Waals surface area contributed by atoms with E-state index in [-0.39, 0.29) is 10.8 Å². The standard InChI is InChI=1S/C20H27BFNO4S/c1-13-6-8-15(9-7-13)28(24,25)23-11-10-14-12-16(17(14)23)18(22)21-26-19(2,3)20(4,5)27-21/h6-9,14,17H,10-12H2,1-5H3. The van der Waals surface area contributed by atoms with Crippen molar-refractivity contribution in [3.8, 4) is 0 Å². The highest BCUT2D eigenvalue weighted by molar-refractivity contribution is 7.89. The van der Waals surface area contributed by atoms with Crippen LogP contribution in [0.3, 0.4) is 0 Å². The highest BCUT2D eigenvalue weighted by atomic mass is 32.2. The number of hydrogen-bond acceptors (Lipinski definition) is 4. The fourth-order valence-corrected chi connectivity index (χ4v) is 5.89. The van der Waals surface area contributed by atoms with E-state index in [1.807, 2.05) is 34.6 Å². The van der Waals surface area contributed by atoms with Crippen LogP contribution in [-0.4, -0.2) is 43.6 Å². The van der Waals surface area contributed by atoms with Gasteiger partial charge in [-0.3, -0.25) is 0 Å². The van der Waals surface area contributed by atoms with Crippen LogP contribution in [0.2, 0.25) is 0 Å². The van der Waals surface area contributed by atoms with Crippen molar-refractivity contribution in [1.29, 1.82) is 0 Å². The molecule has 2 saturated heterocycles. The van der Waals surface area contributed by atoms with Gasteiger partial charge in [-0.25, -0.2) is 12.8 Å². The monoisotopic (exact) mass is 407 g/mol. The largest absolute Gasteiger partial charge is 0.525 e. The van der Waals surface area contributed by atoms with E-state index < -0.39 is 40.1 Å². The molecule has 0 radical (unpaired) electrons. The molecule has 28 heavy (non-hydrogen) atoms. The SMILES string of the molecule is Cc1ccc(S(=O)(=O)N2CCC3CC(=C(F)B4OC(C)(C)C(C)(C)O4)C32)cc1. The maximum Gasteiger partial charge on any atom is 0.525 e. The molecule has 0 N–H and O–H groups in total. The minimum absolute atomic E-state index is 0.156. The second kappa shape index (κ2) is 6.39. The van der Waals surface area contributed by atoms with Crippen LogP contribution in [0.5, 0.6) is 0 Å². The van der Waals surface area contributed by atoms with Gasteiger partial charge in [0.05, 0.1) is 22.1 Å². The van der Waals surface area contributed by atoms with E-state index in [0.717, 1.165) is 12.0 Å². The molecule has 4 rings (SSSR count). The molecule has 3 aliphatic rings. The molecular formula is C20H27BFNO4S. The lowest BCUT2D eigenvalue weighted by atomic mass is 9.69. The molecule has 2 aliphatic heterocycles. The van der Waals surface area contributed by atoms with E-state index in [1.54, 1.807) is 24.3 Å². The van der Waals surface area contributed by atoms with Crippen molar-refractivity contribution in [3.63, 3.8) is 0 Å². The van der Waals surface area contributed by atoms with E-state index in [0.29, 0.717) is 18.5 Å². The lowest BCUT2D eigenvalue weighted by Crippen LogP contribution is -2.46. The number of benzene rings is 1. The van der Waals surface area contributed by atoms with Gasteiger partial charge in [-0.15, -0.1) is 0 Å². The summed E-state index contributed by atoms with van der Waals surface area (Å²) in [5, 5.41) is 0. The molecule has 1 aliphatic carbocycles. The third-order valence-electron chi connectivity index (χ3n) is 6.71. The summed E-state index contributed by atoms with van der Waals surface area (Å²) >= 11 is 0. The van der Waals surface area contributed by atoms with Crippen molar-refractivity contribution in [3.05, 3.63) is 41.1 Å². The predicted molar refractivity (Wildman–Crippen MR) is 106 cm³/mol. The first kappa shape index (κ1) is 20.1.